The minimum absolute atomic E-state index is 0.118. The standard InChI is InChI=1S/C21H24N2OS2/c1-13(2)15-10-8-14(9-11-15)12-25-21-22-19-18(20(24)23(21)3)16-6-4-5-7-17(16)26-19/h8-11,13H,4-7,12H2,1-3H3. The van der Waals surface area contributed by atoms with Crippen molar-refractivity contribution in [2.24, 2.45) is 7.05 Å². The molecule has 1 aromatic carbocycles. The minimum Gasteiger partial charge on any atom is -0.290 e. The molecule has 3 nitrogen and oxygen atoms in total. The first kappa shape index (κ1) is 17.8. The third-order valence-corrected chi connectivity index (χ3v) is 7.46. The molecule has 1 aliphatic rings. The molecule has 0 bridgehead atoms. The Morgan fingerprint density at radius 1 is 1.19 bits per heavy atom. The summed E-state index contributed by atoms with van der Waals surface area (Å²) in [6, 6.07) is 8.76. The summed E-state index contributed by atoms with van der Waals surface area (Å²) in [6.45, 7) is 4.42. The van der Waals surface area contributed by atoms with E-state index in [0.29, 0.717) is 5.92 Å². The summed E-state index contributed by atoms with van der Waals surface area (Å²) in [5.74, 6) is 1.38. The van der Waals surface area contributed by atoms with E-state index in [9.17, 15) is 4.79 Å². The molecular formula is C21H24N2OS2. The van der Waals surface area contributed by atoms with Crippen molar-refractivity contribution in [2.45, 2.75) is 56.4 Å². The topological polar surface area (TPSA) is 34.9 Å². The predicted octanol–water partition coefficient (Wildman–Crippen LogP) is 5.29. The van der Waals surface area contributed by atoms with Crippen LogP contribution in [0.25, 0.3) is 10.2 Å². The van der Waals surface area contributed by atoms with Crippen molar-refractivity contribution in [3.8, 4) is 0 Å². The van der Waals surface area contributed by atoms with Crippen LogP contribution in [-0.4, -0.2) is 9.55 Å². The molecule has 3 aromatic rings. The van der Waals surface area contributed by atoms with Crippen molar-refractivity contribution in [3.63, 3.8) is 0 Å². The van der Waals surface area contributed by atoms with Gasteiger partial charge in [-0.3, -0.25) is 9.36 Å². The molecule has 0 saturated carbocycles. The fourth-order valence-electron chi connectivity index (χ4n) is 3.54. The van der Waals surface area contributed by atoms with Crippen molar-refractivity contribution >= 4 is 33.3 Å². The van der Waals surface area contributed by atoms with Gasteiger partial charge in [0.25, 0.3) is 5.56 Å². The second kappa shape index (κ2) is 7.20. The van der Waals surface area contributed by atoms with Crippen molar-refractivity contribution in [3.05, 3.63) is 56.2 Å². The summed E-state index contributed by atoms with van der Waals surface area (Å²) in [4.78, 5) is 20.1. The second-order valence-corrected chi connectivity index (χ2v) is 9.36. The van der Waals surface area contributed by atoms with Gasteiger partial charge >= 0.3 is 0 Å². The molecule has 0 saturated heterocycles. The Bertz CT molecular complexity index is 1000. The second-order valence-electron chi connectivity index (χ2n) is 7.33. The van der Waals surface area contributed by atoms with Gasteiger partial charge in [0.2, 0.25) is 0 Å². The maximum Gasteiger partial charge on any atom is 0.262 e. The molecule has 0 fully saturated rings. The van der Waals surface area contributed by atoms with E-state index in [4.69, 9.17) is 4.98 Å². The Hall–Kier alpha value is -1.59. The lowest BCUT2D eigenvalue weighted by molar-refractivity contribution is 0.695. The largest absolute Gasteiger partial charge is 0.290 e. The molecule has 0 spiro atoms. The van der Waals surface area contributed by atoms with E-state index < -0.39 is 0 Å². The van der Waals surface area contributed by atoms with Gasteiger partial charge in [0.05, 0.1) is 5.39 Å². The number of aromatic nitrogens is 2. The Morgan fingerprint density at radius 2 is 1.92 bits per heavy atom. The number of thiophene rings is 1. The van der Waals surface area contributed by atoms with Gasteiger partial charge in [-0.15, -0.1) is 11.3 Å². The smallest absolute Gasteiger partial charge is 0.262 e. The molecule has 0 radical (unpaired) electrons. The molecule has 2 heterocycles. The van der Waals surface area contributed by atoms with Gasteiger partial charge in [-0.2, -0.15) is 0 Å². The molecule has 0 unspecified atom stereocenters. The van der Waals surface area contributed by atoms with E-state index in [-0.39, 0.29) is 5.56 Å². The quantitative estimate of drug-likeness (QED) is 0.453. The Balaban J connectivity index is 1.62. The van der Waals surface area contributed by atoms with Crippen LogP contribution >= 0.6 is 23.1 Å². The van der Waals surface area contributed by atoms with Crippen LogP contribution in [0.1, 0.15) is 54.2 Å². The van der Waals surface area contributed by atoms with Gasteiger partial charge in [-0.25, -0.2) is 4.98 Å². The molecule has 0 aliphatic heterocycles. The van der Waals surface area contributed by atoms with Crippen LogP contribution in [-0.2, 0) is 25.6 Å². The normalized spacial score (nSPS) is 14.2. The van der Waals surface area contributed by atoms with Crippen molar-refractivity contribution in [1.29, 1.82) is 0 Å². The molecule has 0 amide bonds. The summed E-state index contributed by atoms with van der Waals surface area (Å²) in [7, 11) is 1.85. The number of rotatable bonds is 4. The predicted molar refractivity (Wildman–Crippen MR) is 112 cm³/mol. The summed E-state index contributed by atoms with van der Waals surface area (Å²) < 4.78 is 1.73. The van der Waals surface area contributed by atoms with Gasteiger partial charge < -0.3 is 0 Å². The molecule has 136 valence electrons. The van der Waals surface area contributed by atoms with E-state index in [1.54, 1.807) is 27.7 Å². The summed E-state index contributed by atoms with van der Waals surface area (Å²) in [5, 5.41) is 1.69. The highest BCUT2D eigenvalue weighted by Gasteiger charge is 2.21. The third-order valence-electron chi connectivity index (χ3n) is 5.17. The number of aryl methyl sites for hydroxylation is 2. The Kier molecular flexibility index (Phi) is 4.93. The lowest BCUT2D eigenvalue weighted by Gasteiger charge is -2.11. The first-order valence-corrected chi connectivity index (χ1v) is 11.1. The highest BCUT2D eigenvalue weighted by atomic mass is 32.2. The zero-order chi connectivity index (χ0) is 18.3. The number of hydrogen-bond acceptors (Lipinski definition) is 4. The summed E-state index contributed by atoms with van der Waals surface area (Å²) >= 11 is 3.37. The Morgan fingerprint density at radius 3 is 2.65 bits per heavy atom. The van der Waals surface area contributed by atoms with Gasteiger partial charge in [0.15, 0.2) is 5.16 Å². The zero-order valence-electron chi connectivity index (χ0n) is 15.5. The van der Waals surface area contributed by atoms with E-state index >= 15 is 0 Å². The van der Waals surface area contributed by atoms with E-state index in [1.807, 2.05) is 7.05 Å². The average Bonchev–Trinajstić information content (AvgIpc) is 3.02. The van der Waals surface area contributed by atoms with E-state index in [2.05, 4.69) is 38.1 Å². The van der Waals surface area contributed by atoms with Crippen molar-refractivity contribution in [1.82, 2.24) is 9.55 Å². The third kappa shape index (κ3) is 3.23. The van der Waals surface area contributed by atoms with E-state index in [1.165, 1.54) is 34.4 Å². The summed E-state index contributed by atoms with van der Waals surface area (Å²) in [5.41, 5.74) is 4.01. The molecule has 5 heteroatoms. The van der Waals surface area contributed by atoms with Crippen LogP contribution in [0.15, 0.2) is 34.2 Å². The monoisotopic (exact) mass is 384 g/mol. The molecule has 4 rings (SSSR count). The van der Waals surface area contributed by atoms with Crippen LogP contribution < -0.4 is 5.56 Å². The van der Waals surface area contributed by atoms with Crippen LogP contribution in [0.4, 0.5) is 0 Å². The number of nitrogens with zero attached hydrogens (tertiary/aromatic N) is 2. The molecule has 26 heavy (non-hydrogen) atoms. The zero-order valence-corrected chi connectivity index (χ0v) is 17.2. The number of hydrogen-bond donors (Lipinski definition) is 0. The number of thioether (sulfide) groups is 1. The SMILES string of the molecule is CC(C)c1ccc(CSc2nc3sc4c(c3c(=O)n2C)CCCC4)cc1. The maximum atomic E-state index is 12.9. The van der Waals surface area contributed by atoms with Gasteiger partial charge in [0.1, 0.15) is 4.83 Å². The van der Waals surface area contributed by atoms with Crippen molar-refractivity contribution < 1.29 is 0 Å². The highest BCUT2D eigenvalue weighted by Crippen LogP contribution is 2.34. The van der Waals surface area contributed by atoms with Crippen LogP contribution in [0.3, 0.4) is 0 Å². The fourth-order valence-corrected chi connectivity index (χ4v) is 5.77. The highest BCUT2D eigenvalue weighted by molar-refractivity contribution is 7.98. The first-order chi connectivity index (χ1) is 12.5. The number of fused-ring (bicyclic) bond motifs is 3. The maximum absolute atomic E-state index is 12.9. The van der Waals surface area contributed by atoms with Crippen LogP contribution in [0, 0.1) is 0 Å². The average molecular weight is 385 g/mol. The lowest BCUT2D eigenvalue weighted by atomic mass is 9.97. The van der Waals surface area contributed by atoms with Gasteiger partial charge in [-0.1, -0.05) is 49.9 Å². The molecule has 0 atom stereocenters. The minimum atomic E-state index is 0.118. The Labute approximate surface area is 162 Å². The van der Waals surface area contributed by atoms with Gasteiger partial charge in [-0.05, 0) is 48.3 Å². The van der Waals surface area contributed by atoms with E-state index in [0.717, 1.165) is 34.0 Å². The molecule has 0 N–H and O–H groups in total. The summed E-state index contributed by atoms with van der Waals surface area (Å²) in [6.07, 6.45) is 4.55. The molecular weight excluding hydrogens is 360 g/mol. The van der Waals surface area contributed by atoms with Gasteiger partial charge in [0, 0.05) is 17.7 Å². The molecule has 2 aromatic heterocycles. The van der Waals surface area contributed by atoms with Crippen molar-refractivity contribution in [2.75, 3.05) is 0 Å². The van der Waals surface area contributed by atoms with Crippen LogP contribution in [0.2, 0.25) is 0 Å². The van der Waals surface area contributed by atoms with Crippen LogP contribution in [0.5, 0.6) is 0 Å². The first-order valence-electron chi connectivity index (χ1n) is 9.27. The number of benzene rings is 1. The fraction of sp³-hybridized carbons (Fsp3) is 0.429. The molecule has 1 aliphatic carbocycles. The lowest BCUT2D eigenvalue weighted by Crippen LogP contribution is -2.20.